The number of halogens is 1. The zero-order chi connectivity index (χ0) is 17.2. The number of anilines is 1. The van der Waals surface area contributed by atoms with Crippen LogP contribution in [0.15, 0.2) is 48.5 Å². The molecule has 0 unspecified atom stereocenters. The number of amides is 1. The van der Waals surface area contributed by atoms with E-state index in [4.69, 9.17) is 0 Å². The molecule has 1 saturated heterocycles. The third-order valence-corrected chi connectivity index (χ3v) is 5.61. The summed E-state index contributed by atoms with van der Waals surface area (Å²) in [4.78, 5) is 15.5. The summed E-state index contributed by atoms with van der Waals surface area (Å²) in [7, 11) is 0. The first kappa shape index (κ1) is 16.2. The molecular weight excluding hydrogens is 335 g/mol. The number of likely N-dealkylation sites (tertiary alicyclic amines) is 1. The van der Waals surface area contributed by atoms with Gasteiger partial charge in [0.15, 0.2) is 0 Å². The highest BCUT2D eigenvalue weighted by atomic mass is 32.1. The standard InChI is InChI=1S/C20H19FN2OS/c21-16-6-7-18-15(11-16)12-19(25-18)20(24)22-17-5-3-4-14(10-17)13-23-8-1-2-9-23/h3-7,10-12H,1-2,8-9,13H2,(H,22,24). The molecule has 4 rings (SSSR count). The van der Waals surface area contributed by atoms with Crippen LogP contribution >= 0.6 is 11.3 Å². The molecule has 0 saturated carbocycles. The molecule has 3 aromatic rings. The minimum Gasteiger partial charge on any atom is -0.321 e. The Bertz CT molecular complexity index is 915. The number of hydrogen-bond donors (Lipinski definition) is 1. The molecular formula is C20H19FN2OS. The van der Waals surface area contributed by atoms with Crippen molar-refractivity contribution in [3.05, 3.63) is 64.8 Å². The number of nitrogens with zero attached hydrogens (tertiary/aromatic N) is 1. The Balaban J connectivity index is 1.49. The van der Waals surface area contributed by atoms with Gasteiger partial charge in [-0.3, -0.25) is 9.69 Å². The van der Waals surface area contributed by atoms with Crippen molar-refractivity contribution in [2.24, 2.45) is 0 Å². The maximum absolute atomic E-state index is 13.3. The predicted octanol–water partition coefficient (Wildman–Crippen LogP) is 4.89. The molecule has 0 atom stereocenters. The fourth-order valence-electron chi connectivity index (χ4n) is 3.27. The topological polar surface area (TPSA) is 32.3 Å². The van der Waals surface area contributed by atoms with E-state index in [-0.39, 0.29) is 11.7 Å². The summed E-state index contributed by atoms with van der Waals surface area (Å²) < 4.78 is 14.2. The van der Waals surface area contributed by atoms with E-state index in [1.165, 1.54) is 41.9 Å². The van der Waals surface area contributed by atoms with E-state index in [9.17, 15) is 9.18 Å². The molecule has 1 fully saturated rings. The number of nitrogens with one attached hydrogen (secondary N) is 1. The van der Waals surface area contributed by atoms with E-state index in [0.717, 1.165) is 35.4 Å². The van der Waals surface area contributed by atoms with Gasteiger partial charge < -0.3 is 5.32 Å². The van der Waals surface area contributed by atoms with Crippen LogP contribution in [0.25, 0.3) is 10.1 Å². The number of hydrogen-bond acceptors (Lipinski definition) is 3. The lowest BCUT2D eigenvalue weighted by Gasteiger charge is -2.15. The highest BCUT2D eigenvalue weighted by molar-refractivity contribution is 7.20. The van der Waals surface area contributed by atoms with Gasteiger partial charge in [-0.1, -0.05) is 12.1 Å². The minimum absolute atomic E-state index is 0.153. The summed E-state index contributed by atoms with van der Waals surface area (Å²) in [5.74, 6) is -0.438. The number of fused-ring (bicyclic) bond motifs is 1. The fraction of sp³-hybridized carbons (Fsp3) is 0.250. The zero-order valence-corrected chi connectivity index (χ0v) is 14.6. The zero-order valence-electron chi connectivity index (χ0n) is 13.8. The van der Waals surface area contributed by atoms with Crippen LogP contribution < -0.4 is 5.32 Å². The van der Waals surface area contributed by atoms with E-state index in [1.807, 2.05) is 18.2 Å². The van der Waals surface area contributed by atoms with Crippen molar-refractivity contribution in [2.45, 2.75) is 19.4 Å². The van der Waals surface area contributed by atoms with Gasteiger partial charge in [-0.2, -0.15) is 0 Å². The lowest BCUT2D eigenvalue weighted by atomic mass is 10.2. The number of carbonyl (C=O) groups excluding carboxylic acids is 1. The maximum atomic E-state index is 13.3. The van der Waals surface area contributed by atoms with Crippen molar-refractivity contribution in [2.75, 3.05) is 18.4 Å². The third kappa shape index (κ3) is 3.72. The van der Waals surface area contributed by atoms with Crippen LogP contribution in [0.5, 0.6) is 0 Å². The normalized spacial score (nSPS) is 14.9. The van der Waals surface area contributed by atoms with Crippen LogP contribution in [0, 0.1) is 5.82 Å². The van der Waals surface area contributed by atoms with Gasteiger partial charge in [-0.15, -0.1) is 11.3 Å². The van der Waals surface area contributed by atoms with Crippen molar-refractivity contribution in [3.63, 3.8) is 0 Å². The maximum Gasteiger partial charge on any atom is 0.265 e. The smallest absolute Gasteiger partial charge is 0.265 e. The fourth-order valence-corrected chi connectivity index (χ4v) is 4.20. The summed E-state index contributed by atoms with van der Waals surface area (Å²) in [5.41, 5.74) is 2.00. The van der Waals surface area contributed by atoms with Gasteiger partial charge >= 0.3 is 0 Å². The van der Waals surface area contributed by atoms with Crippen molar-refractivity contribution >= 4 is 33.0 Å². The Hall–Kier alpha value is -2.24. The average molecular weight is 354 g/mol. The second-order valence-electron chi connectivity index (χ2n) is 6.43. The quantitative estimate of drug-likeness (QED) is 0.723. The van der Waals surface area contributed by atoms with Crippen molar-refractivity contribution in [1.82, 2.24) is 4.90 Å². The first-order valence-electron chi connectivity index (χ1n) is 8.49. The molecule has 1 aliphatic heterocycles. The second-order valence-corrected chi connectivity index (χ2v) is 7.51. The first-order chi connectivity index (χ1) is 12.2. The summed E-state index contributed by atoms with van der Waals surface area (Å²) in [6.45, 7) is 3.22. The Morgan fingerprint density at radius 2 is 1.96 bits per heavy atom. The highest BCUT2D eigenvalue weighted by Gasteiger charge is 2.13. The molecule has 1 aliphatic rings. The summed E-state index contributed by atoms with van der Waals surface area (Å²) in [5, 5.41) is 3.72. The largest absolute Gasteiger partial charge is 0.321 e. The Kier molecular flexibility index (Phi) is 4.51. The van der Waals surface area contributed by atoms with E-state index in [2.05, 4.69) is 16.3 Å². The molecule has 2 aromatic carbocycles. The van der Waals surface area contributed by atoms with Crippen LogP contribution in [-0.4, -0.2) is 23.9 Å². The molecule has 1 amide bonds. The van der Waals surface area contributed by atoms with Crippen LogP contribution in [0.1, 0.15) is 28.1 Å². The van der Waals surface area contributed by atoms with Crippen molar-refractivity contribution < 1.29 is 9.18 Å². The van der Waals surface area contributed by atoms with E-state index in [0.29, 0.717) is 4.88 Å². The Labute approximate surface area is 150 Å². The monoisotopic (exact) mass is 354 g/mol. The van der Waals surface area contributed by atoms with Crippen LogP contribution in [0.2, 0.25) is 0 Å². The molecule has 5 heteroatoms. The lowest BCUT2D eigenvalue weighted by Crippen LogP contribution is -2.18. The first-order valence-corrected chi connectivity index (χ1v) is 9.31. The van der Waals surface area contributed by atoms with E-state index in [1.54, 1.807) is 12.1 Å². The molecule has 0 bridgehead atoms. The molecule has 3 nitrogen and oxygen atoms in total. The van der Waals surface area contributed by atoms with Gasteiger partial charge in [0.25, 0.3) is 5.91 Å². The summed E-state index contributed by atoms with van der Waals surface area (Å²) in [6.07, 6.45) is 2.53. The van der Waals surface area contributed by atoms with Crippen LogP contribution in [-0.2, 0) is 6.54 Å². The minimum atomic E-state index is -0.285. The van der Waals surface area contributed by atoms with Gasteiger partial charge in [0.2, 0.25) is 0 Å². The van der Waals surface area contributed by atoms with E-state index < -0.39 is 0 Å². The molecule has 128 valence electrons. The number of carbonyl (C=O) groups is 1. The Morgan fingerprint density at radius 3 is 2.80 bits per heavy atom. The molecule has 0 aliphatic carbocycles. The van der Waals surface area contributed by atoms with Gasteiger partial charge in [0.1, 0.15) is 5.82 Å². The van der Waals surface area contributed by atoms with Gasteiger partial charge in [-0.05, 0) is 73.3 Å². The van der Waals surface area contributed by atoms with Gasteiger partial charge in [0, 0.05) is 16.9 Å². The summed E-state index contributed by atoms with van der Waals surface area (Å²) in [6, 6.07) is 14.3. The molecule has 2 heterocycles. The second kappa shape index (κ2) is 6.94. The molecule has 0 radical (unpaired) electrons. The SMILES string of the molecule is O=C(Nc1cccc(CN2CCCC2)c1)c1cc2cc(F)ccc2s1. The lowest BCUT2D eigenvalue weighted by molar-refractivity contribution is 0.103. The molecule has 25 heavy (non-hydrogen) atoms. The van der Waals surface area contributed by atoms with E-state index >= 15 is 0 Å². The molecule has 0 spiro atoms. The highest BCUT2D eigenvalue weighted by Crippen LogP contribution is 2.27. The van der Waals surface area contributed by atoms with Gasteiger partial charge in [-0.25, -0.2) is 4.39 Å². The van der Waals surface area contributed by atoms with Crippen molar-refractivity contribution in [1.29, 1.82) is 0 Å². The van der Waals surface area contributed by atoms with Crippen molar-refractivity contribution in [3.8, 4) is 0 Å². The molecule has 1 aromatic heterocycles. The van der Waals surface area contributed by atoms with Crippen LogP contribution in [0.4, 0.5) is 10.1 Å². The predicted molar refractivity (Wildman–Crippen MR) is 101 cm³/mol. The van der Waals surface area contributed by atoms with Gasteiger partial charge in [0.05, 0.1) is 4.88 Å². The number of thiophene rings is 1. The summed E-state index contributed by atoms with van der Waals surface area (Å²) >= 11 is 1.38. The number of rotatable bonds is 4. The van der Waals surface area contributed by atoms with Crippen LogP contribution in [0.3, 0.4) is 0 Å². The molecule has 1 N–H and O–H groups in total. The average Bonchev–Trinajstić information content (AvgIpc) is 3.24. The number of benzene rings is 2. The third-order valence-electron chi connectivity index (χ3n) is 4.49. The Morgan fingerprint density at radius 1 is 1.12 bits per heavy atom.